The molecule has 3 fully saturated rings. The fourth-order valence-electron chi connectivity index (χ4n) is 10.2. The van der Waals surface area contributed by atoms with E-state index in [1.807, 2.05) is 0 Å². The first-order valence-electron chi connectivity index (χ1n) is 14.5. The largest absolute Gasteiger partial charge is 0.393 e. The van der Waals surface area contributed by atoms with Gasteiger partial charge in [0.15, 0.2) is 0 Å². The van der Waals surface area contributed by atoms with Crippen molar-refractivity contribution in [2.45, 2.75) is 132 Å². The third-order valence-corrected chi connectivity index (χ3v) is 12.2. The van der Waals surface area contributed by atoms with E-state index in [1.165, 1.54) is 24.8 Å². The molecule has 4 aliphatic carbocycles. The number of aliphatic hydroxyl groups excluding tert-OH is 1. The summed E-state index contributed by atoms with van der Waals surface area (Å²) in [7, 11) is 0. The van der Waals surface area contributed by atoms with E-state index in [-0.39, 0.29) is 34.2 Å². The molecule has 0 aromatic rings. The number of aliphatic hydroxyl groups is 1. The fourth-order valence-corrected chi connectivity index (χ4v) is 10.2. The molecule has 0 bridgehead atoms. The molecule has 0 saturated heterocycles. The van der Waals surface area contributed by atoms with Crippen LogP contribution in [-0.4, -0.2) is 17.6 Å². The Hall–Kier alpha value is -0.440. The second-order valence-electron chi connectivity index (χ2n) is 14.5. The molecule has 0 amide bonds. The maximum absolute atomic E-state index is 14.3. The van der Waals surface area contributed by atoms with Crippen LogP contribution in [0.1, 0.15) is 119 Å². The van der Waals surface area contributed by atoms with Crippen molar-refractivity contribution in [1.29, 1.82) is 0 Å². The van der Waals surface area contributed by atoms with Crippen LogP contribution in [0.3, 0.4) is 0 Å². The van der Waals surface area contributed by atoms with Crippen LogP contribution in [0.4, 0.5) is 8.78 Å². The normalized spacial score (nSPS) is 44.4. The SMILES string of the molecule is CC(C)CCC[C@@H](C)[C@H]1CC[C@@]2(CC(F)F)C3=CC[C@H]4C(C)(C)[C@@H](O)CC[C@]4(C)[C@H]3CC[C@]12C. The van der Waals surface area contributed by atoms with Gasteiger partial charge in [-0.2, -0.15) is 0 Å². The van der Waals surface area contributed by atoms with Gasteiger partial charge in [-0.3, -0.25) is 0 Å². The van der Waals surface area contributed by atoms with Crippen molar-refractivity contribution in [2.75, 3.05) is 0 Å². The first-order valence-corrected chi connectivity index (χ1v) is 14.5. The Morgan fingerprint density at radius 3 is 2.32 bits per heavy atom. The van der Waals surface area contributed by atoms with Gasteiger partial charge in [0, 0.05) is 11.8 Å². The van der Waals surface area contributed by atoms with E-state index in [2.05, 4.69) is 54.5 Å². The van der Waals surface area contributed by atoms with Crippen LogP contribution in [0.15, 0.2) is 11.6 Å². The lowest BCUT2D eigenvalue weighted by Crippen LogP contribution is -2.58. The summed E-state index contributed by atoms with van der Waals surface area (Å²) in [5.74, 6) is 2.73. The van der Waals surface area contributed by atoms with Crippen LogP contribution < -0.4 is 0 Å². The van der Waals surface area contributed by atoms with E-state index in [9.17, 15) is 13.9 Å². The van der Waals surface area contributed by atoms with Gasteiger partial charge in [-0.15, -0.1) is 0 Å². The molecule has 4 rings (SSSR count). The predicted molar refractivity (Wildman–Crippen MR) is 138 cm³/mol. The first kappa shape index (κ1) is 26.6. The summed E-state index contributed by atoms with van der Waals surface area (Å²) in [6, 6.07) is 0. The average Bonchev–Trinajstić information content (AvgIpc) is 3.03. The number of halogens is 2. The van der Waals surface area contributed by atoms with E-state index in [0.29, 0.717) is 23.7 Å². The van der Waals surface area contributed by atoms with Crippen molar-refractivity contribution < 1.29 is 13.9 Å². The average molecular weight is 479 g/mol. The lowest BCUT2D eigenvalue weighted by molar-refractivity contribution is -0.137. The van der Waals surface area contributed by atoms with Crippen LogP contribution in [0.2, 0.25) is 0 Å². The molecule has 3 saturated carbocycles. The molecule has 8 atom stereocenters. The molecule has 4 aliphatic rings. The van der Waals surface area contributed by atoms with Crippen molar-refractivity contribution >= 4 is 0 Å². The van der Waals surface area contributed by atoms with Gasteiger partial charge in [0.05, 0.1) is 6.10 Å². The lowest BCUT2D eigenvalue weighted by atomic mass is 9.40. The van der Waals surface area contributed by atoms with Crippen molar-refractivity contribution in [1.82, 2.24) is 0 Å². The summed E-state index contributed by atoms with van der Waals surface area (Å²) in [5.41, 5.74) is 1.06. The fraction of sp³-hybridized carbons (Fsp3) is 0.935. The van der Waals surface area contributed by atoms with E-state index < -0.39 is 6.43 Å². The zero-order valence-corrected chi connectivity index (χ0v) is 23.1. The smallest absolute Gasteiger partial charge is 0.239 e. The van der Waals surface area contributed by atoms with Gasteiger partial charge in [0.25, 0.3) is 0 Å². The van der Waals surface area contributed by atoms with Crippen LogP contribution in [-0.2, 0) is 0 Å². The second-order valence-corrected chi connectivity index (χ2v) is 14.5. The summed E-state index contributed by atoms with van der Waals surface area (Å²) < 4.78 is 28.7. The maximum Gasteiger partial charge on any atom is 0.239 e. The number of alkyl halides is 2. The summed E-state index contributed by atoms with van der Waals surface area (Å²) >= 11 is 0. The van der Waals surface area contributed by atoms with Crippen molar-refractivity contribution in [3.63, 3.8) is 0 Å². The third kappa shape index (κ3) is 3.93. The van der Waals surface area contributed by atoms with Gasteiger partial charge < -0.3 is 5.11 Å². The predicted octanol–water partition coefficient (Wildman–Crippen LogP) is 9.05. The highest BCUT2D eigenvalue weighted by Crippen LogP contribution is 2.74. The molecule has 0 heterocycles. The third-order valence-electron chi connectivity index (χ3n) is 12.2. The highest BCUT2D eigenvalue weighted by molar-refractivity contribution is 5.34. The van der Waals surface area contributed by atoms with Crippen LogP contribution in [0.25, 0.3) is 0 Å². The minimum absolute atomic E-state index is 0.0180. The molecule has 1 N–H and O–H groups in total. The molecule has 0 aromatic carbocycles. The lowest BCUT2D eigenvalue weighted by Gasteiger charge is -2.65. The number of rotatable bonds is 7. The zero-order valence-electron chi connectivity index (χ0n) is 23.1. The minimum Gasteiger partial charge on any atom is -0.393 e. The highest BCUT2D eigenvalue weighted by atomic mass is 19.3. The van der Waals surface area contributed by atoms with Crippen LogP contribution in [0.5, 0.6) is 0 Å². The Kier molecular flexibility index (Phi) is 7.16. The maximum atomic E-state index is 14.3. The van der Waals surface area contributed by atoms with Gasteiger partial charge in [-0.05, 0) is 90.8 Å². The molecule has 0 unspecified atom stereocenters. The molecule has 34 heavy (non-hydrogen) atoms. The van der Waals surface area contributed by atoms with Crippen molar-refractivity contribution in [3.8, 4) is 0 Å². The van der Waals surface area contributed by atoms with Crippen molar-refractivity contribution in [3.05, 3.63) is 11.6 Å². The van der Waals surface area contributed by atoms with Gasteiger partial charge in [-0.25, -0.2) is 8.78 Å². The number of allylic oxidation sites excluding steroid dienone is 2. The first-order chi connectivity index (χ1) is 15.8. The Morgan fingerprint density at radius 2 is 1.68 bits per heavy atom. The number of hydrogen-bond donors (Lipinski definition) is 1. The van der Waals surface area contributed by atoms with Gasteiger partial charge in [-0.1, -0.05) is 79.4 Å². The summed E-state index contributed by atoms with van der Waals surface area (Å²) in [5, 5.41) is 10.8. The Balaban J connectivity index is 1.69. The topological polar surface area (TPSA) is 20.2 Å². The monoisotopic (exact) mass is 478 g/mol. The Bertz CT molecular complexity index is 771. The van der Waals surface area contributed by atoms with Gasteiger partial charge in [0.2, 0.25) is 6.43 Å². The number of fused-ring (bicyclic) bond motifs is 5. The van der Waals surface area contributed by atoms with E-state index in [4.69, 9.17) is 0 Å². The Labute approximate surface area is 208 Å². The molecular weight excluding hydrogens is 426 g/mol. The molecule has 196 valence electrons. The van der Waals surface area contributed by atoms with E-state index in [1.54, 1.807) is 0 Å². The molecule has 0 aromatic heterocycles. The number of hydrogen-bond acceptors (Lipinski definition) is 1. The molecular formula is C31H52F2O. The van der Waals surface area contributed by atoms with Crippen LogP contribution >= 0.6 is 0 Å². The van der Waals surface area contributed by atoms with Crippen molar-refractivity contribution in [2.24, 2.45) is 51.2 Å². The molecule has 0 spiro atoms. The van der Waals surface area contributed by atoms with Gasteiger partial charge in [0.1, 0.15) is 0 Å². The highest BCUT2D eigenvalue weighted by Gasteiger charge is 2.67. The molecule has 3 heteroatoms. The standard InChI is InChI=1S/C31H52F2O/c1-20(2)9-8-10-21(3)22-14-18-31(19-27(32)33)24-11-12-25-28(4,5)26(34)15-16-29(25,6)23(24)13-17-30(22,31)7/h11,20-23,25-27,34H,8-10,12-19H2,1-7H3/t21-,22-,23+,25+,26+,29-,30-,31-/m1/s1. The summed E-state index contributed by atoms with van der Waals surface area (Å²) in [6.45, 7) is 16.3. The molecule has 0 radical (unpaired) electrons. The van der Waals surface area contributed by atoms with E-state index in [0.717, 1.165) is 50.9 Å². The second kappa shape index (κ2) is 9.14. The summed E-state index contributed by atoms with van der Waals surface area (Å²) in [6.07, 6.45) is 10.8. The van der Waals surface area contributed by atoms with E-state index >= 15 is 0 Å². The molecule has 0 aliphatic heterocycles. The Morgan fingerprint density at radius 1 is 0.971 bits per heavy atom. The molecule has 1 nitrogen and oxygen atoms in total. The zero-order chi connectivity index (χ0) is 25.1. The van der Waals surface area contributed by atoms with Gasteiger partial charge >= 0.3 is 0 Å². The van der Waals surface area contributed by atoms with Crippen LogP contribution in [0, 0.1) is 51.2 Å². The summed E-state index contributed by atoms with van der Waals surface area (Å²) in [4.78, 5) is 0. The minimum atomic E-state index is -2.25. The quantitative estimate of drug-likeness (QED) is 0.362.